The van der Waals surface area contributed by atoms with Crippen molar-refractivity contribution in [1.29, 1.82) is 0 Å². The summed E-state index contributed by atoms with van der Waals surface area (Å²) < 4.78 is 24.9. The normalized spacial score (nSPS) is 15.6. The number of halogens is 1. The number of morpholine rings is 1. The van der Waals surface area contributed by atoms with Crippen LogP contribution in [0.5, 0.6) is 5.75 Å². The summed E-state index contributed by atoms with van der Waals surface area (Å²) in [5.74, 6) is 0.607. The van der Waals surface area contributed by atoms with Crippen LogP contribution in [-0.4, -0.2) is 51.5 Å². The Morgan fingerprint density at radius 1 is 1.13 bits per heavy atom. The molecule has 1 saturated heterocycles. The minimum absolute atomic E-state index is 0.216. The molecule has 6 nitrogen and oxygen atoms in total. The van der Waals surface area contributed by atoms with Crippen LogP contribution in [-0.2, 0) is 11.3 Å². The van der Waals surface area contributed by atoms with E-state index < -0.39 is 0 Å². The zero-order valence-electron chi connectivity index (χ0n) is 17.7. The summed E-state index contributed by atoms with van der Waals surface area (Å²) >= 11 is 0. The number of ether oxygens (including phenoxy) is 2. The molecule has 1 fully saturated rings. The van der Waals surface area contributed by atoms with Crippen molar-refractivity contribution in [2.24, 2.45) is 4.99 Å². The molecule has 2 aromatic carbocycles. The largest absolute Gasteiger partial charge is 0.486 e. The van der Waals surface area contributed by atoms with E-state index in [1.165, 1.54) is 17.3 Å². The molecule has 1 unspecified atom stereocenters. The fourth-order valence-corrected chi connectivity index (χ4v) is 3.30. The number of benzene rings is 2. The highest BCUT2D eigenvalue weighted by Gasteiger charge is 2.14. The van der Waals surface area contributed by atoms with Gasteiger partial charge in [-0.05, 0) is 37.6 Å². The predicted octanol–water partition coefficient (Wildman–Crippen LogP) is 3.18. The molecule has 0 bridgehead atoms. The van der Waals surface area contributed by atoms with E-state index in [0.717, 1.165) is 32.8 Å². The first-order valence-corrected chi connectivity index (χ1v) is 10.5. The van der Waals surface area contributed by atoms with Crippen LogP contribution in [0.3, 0.4) is 0 Å². The van der Waals surface area contributed by atoms with Crippen molar-refractivity contribution in [3.8, 4) is 5.75 Å². The lowest BCUT2D eigenvalue weighted by Crippen LogP contribution is -2.42. The molecule has 30 heavy (non-hydrogen) atoms. The Bertz CT molecular complexity index is 824. The minimum atomic E-state index is -0.357. The summed E-state index contributed by atoms with van der Waals surface area (Å²) in [5, 5.41) is 6.55. The van der Waals surface area contributed by atoms with E-state index in [1.54, 1.807) is 18.2 Å². The Hall–Kier alpha value is -2.80. The third kappa shape index (κ3) is 6.35. The summed E-state index contributed by atoms with van der Waals surface area (Å²) in [6, 6.07) is 14.8. The van der Waals surface area contributed by atoms with E-state index in [2.05, 4.69) is 33.7 Å². The molecule has 0 radical (unpaired) electrons. The Labute approximate surface area is 178 Å². The highest BCUT2D eigenvalue weighted by molar-refractivity contribution is 5.79. The Morgan fingerprint density at radius 2 is 1.87 bits per heavy atom. The van der Waals surface area contributed by atoms with Gasteiger partial charge in [-0.2, -0.15) is 0 Å². The highest BCUT2D eigenvalue weighted by atomic mass is 19.1. The monoisotopic (exact) mass is 414 g/mol. The van der Waals surface area contributed by atoms with Crippen molar-refractivity contribution >= 4 is 11.6 Å². The maximum Gasteiger partial charge on any atom is 0.191 e. The molecule has 1 aliphatic rings. The molecule has 7 heteroatoms. The lowest BCUT2D eigenvalue weighted by atomic mass is 10.1. The van der Waals surface area contributed by atoms with Gasteiger partial charge >= 0.3 is 0 Å². The topological polar surface area (TPSA) is 58.1 Å². The first kappa shape index (κ1) is 21.9. The molecule has 0 amide bonds. The van der Waals surface area contributed by atoms with Gasteiger partial charge in [0.05, 0.1) is 26.3 Å². The second-order valence-corrected chi connectivity index (χ2v) is 7.16. The molecule has 2 aromatic rings. The van der Waals surface area contributed by atoms with Crippen molar-refractivity contribution in [3.05, 3.63) is 59.9 Å². The maximum absolute atomic E-state index is 13.8. The van der Waals surface area contributed by atoms with Gasteiger partial charge in [-0.25, -0.2) is 9.38 Å². The number of guanidine groups is 1. The van der Waals surface area contributed by atoms with Crippen LogP contribution in [0.4, 0.5) is 10.1 Å². The number of rotatable bonds is 8. The first-order valence-electron chi connectivity index (χ1n) is 10.5. The number of nitrogens with one attached hydrogen (secondary N) is 2. The van der Waals surface area contributed by atoms with Gasteiger partial charge in [-0.1, -0.05) is 30.3 Å². The third-order valence-corrected chi connectivity index (χ3v) is 4.82. The van der Waals surface area contributed by atoms with E-state index in [0.29, 0.717) is 19.0 Å². The van der Waals surface area contributed by atoms with E-state index in [1.807, 2.05) is 19.9 Å². The smallest absolute Gasteiger partial charge is 0.191 e. The second kappa shape index (κ2) is 11.4. The van der Waals surface area contributed by atoms with E-state index in [4.69, 9.17) is 14.5 Å². The molecular weight excluding hydrogens is 383 g/mol. The molecule has 0 spiro atoms. The van der Waals surface area contributed by atoms with Crippen LogP contribution in [0.15, 0.2) is 53.5 Å². The van der Waals surface area contributed by atoms with Crippen molar-refractivity contribution in [1.82, 2.24) is 10.6 Å². The summed E-state index contributed by atoms with van der Waals surface area (Å²) in [7, 11) is 0. The summed E-state index contributed by atoms with van der Waals surface area (Å²) in [4.78, 5) is 7.09. The van der Waals surface area contributed by atoms with E-state index in [-0.39, 0.29) is 17.7 Å². The standard InChI is InChI=1S/C23H31FN4O2/c1-3-25-23(26-16-18(2)30-22-11-7-5-9-20(22)24)27-17-19-8-4-6-10-21(19)28-12-14-29-15-13-28/h4-11,18H,3,12-17H2,1-2H3,(H2,25,26,27). The summed E-state index contributed by atoms with van der Waals surface area (Å²) in [6.07, 6.45) is -0.216. The number of para-hydroxylation sites is 2. The average molecular weight is 415 g/mol. The van der Waals surface area contributed by atoms with Crippen LogP contribution in [0, 0.1) is 5.82 Å². The number of hydrogen-bond donors (Lipinski definition) is 2. The van der Waals surface area contributed by atoms with Crippen molar-refractivity contribution in [3.63, 3.8) is 0 Å². The molecule has 0 aromatic heterocycles. The first-order chi connectivity index (χ1) is 14.7. The maximum atomic E-state index is 13.8. The SMILES string of the molecule is CCNC(=NCc1ccccc1N1CCOCC1)NCC(C)Oc1ccccc1F. The lowest BCUT2D eigenvalue weighted by molar-refractivity contribution is 0.122. The van der Waals surface area contributed by atoms with Crippen molar-refractivity contribution in [2.45, 2.75) is 26.5 Å². The molecular formula is C23H31FN4O2. The summed E-state index contributed by atoms with van der Waals surface area (Å²) in [5.41, 5.74) is 2.38. The Balaban J connectivity index is 1.60. The van der Waals surface area contributed by atoms with Crippen LogP contribution < -0.4 is 20.3 Å². The molecule has 1 atom stereocenters. The van der Waals surface area contributed by atoms with Gasteiger partial charge in [0.1, 0.15) is 6.10 Å². The number of nitrogens with zero attached hydrogens (tertiary/aromatic N) is 2. The van der Waals surface area contributed by atoms with Gasteiger partial charge in [0, 0.05) is 25.3 Å². The molecule has 0 aliphatic carbocycles. The number of anilines is 1. The molecule has 0 saturated carbocycles. The number of hydrogen-bond acceptors (Lipinski definition) is 4. The fraction of sp³-hybridized carbons (Fsp3) is 0.435. The van der Waals surface area contributed by atoms with Gasteiger partial charge < -0.3 is 25.0 Å². The lowest BCUT2D eigenvalue weighted by Gasteiger charge is -2.30. The zero-order valence-corrected chi connectivity index (χ0v) is 17.7. The third-order valence-electron chi connectivity index (χ3n) is 4.82. The van der Waals surface area contributed by atoms with Crippen LogP contribution in [0.1, 0.15) is 19.4 Å². The minimum Gasteiger partial charge on any atom is -0.486 e. The van der Waals surface area contributed by atoms with E-state index >= 15 is 0 Å². The van der Waals surface area contributed by atoms with Gasteiger partial charge in [0.15, 0.2) is 17.5 Å². The second-order valence-electron chi connectivity index (χ2n) is 7.16. The van der Waals surface area contributed by atoms with Gasteiger partial charge in [-0.15, -0.1) is 0 Å². The molecule has 2 N–H and O–H groups in total. The average Bonchev–Trinajstić information content (AvgIpc) is 2.78. The van der Waals surface area contributed by atoms with Crippen LogP contribution in [0.25, 0.3) is 0 Å². The molecule has 3 rings (SSSR count). The van der Waals surface area contributed by atoms with Gasteiger partial charge in [0.2, 0.25) is 0 Å². The van der Waals surface area contributed by atoms with Crippen LogP contribution >= 0.6 is 0 Å². The molecule has 1 aliphatic heterocycles. The van der Waals surface area contributed by atoms with Crippen LogP contribution in [0.2, 0.25) is 0 Å². The molecule has 1 heterocycles. The van der Waals surface area contributed by atoms with Gasteiger partial charge in [-0.3, -0.25) is 0 Å². The van der Waals surface area contributed by atoms with Crippen molar-refractivity contribution in [2.75, 3.05) is 44.3 Å². The molecule has 162 valence electrons. The highest BCUT2D eigenvalue weighted by Crippen LogP contribution is 2.22. The Kier molecular flexibility index (Phi) is 8.32. The number of aliphatic imine (C=N–C) groups is 1. The van der Waals surface area contributed by atoms with Gasteiger partial charge in [0.25, 0.3) is 0 Å². The summed E-state index contributed by atoms with van der Waals surface area (Å²) in [6.45, 7) is 9.03. The predicted molar refractivity (Wildman–Crippen MR) is 119 cm³/mol. The zero-order chi connectivity index (χ0) is 21.2. The fourth-order valence-electron chi connectivity index (χ4n) is 3.30. The van der Waals surface area contributed by atoms with Crippen molar-refractivity contribution < 1.29 is 13.9 Å². The Morgan fingerprint density at radius 3 is 2.63 bits per heavy atom. The van der Waals surface area contributed by atoms with E-state index in [9.17, 15) is 4.39 Å². The quantitative estimate of drug-likeness (QED) is 0.513.